The first kappa shape index (κ1) is 12.1. The molecule has 92 valence electrons. The Morgan fingerprint density at radius 1 is 1.31 bits per heavy atom. The molecular weight excluding hydrogens is 196 g/mol. The van der Waals surface area contributed by atoms with E-state index in [1.54, 1.807) is 0 Å². The molecule has 1 heterocycles. The highest BCUT2D eigenvalue weighted by atomic mass is 15.2. The number of rotatable bonds is 5. The van der Waals surface area contributed by atoms with Crippen LogP contribution in [0.2, 0.25) is 0 Å². The van der Waals surface area contributed by atoms with Gasteiger partial charge in [0.15, 0.2) is 0 Å². The van der Waals surface area contributed by atoms with E-state index in [1.165, 1.54) is 37.8 Å². The van der Waals surface area contributed by atoms with Crippen LogP contribution in [0.3, 0.4) is 0 Å². The molecule has 1 saturated carbocycles. The van der Waals surface area contributed by atoms with Crippen LogP contribution < -0.4 is 5.32 Å². The first-order chi connectivity index (χ1) is 7.66. The van der Waals surface area contributed by atoms with Crippen molar-refractivity contribution in [3.63, 3.8) is 0 Å². The predicted octanol–water partition coefficient (Wildman–Crippen LogP) is 2.42. The molecule has 2 aliphatic rings. The summed E-state index contributed by atoms with van der Waals surface area (Å²) in [6.45, 7) is 12.3. The first-order valence-electron chi connectivity index (χ1n) is 6.81. The normalized spacial score (nSPS) is 31.6. The molecule has 16 heavy (non-hydrogen) atoms. The Labute approximate surface area is 100 Å². The minimum Gasteiger partial charge on any atom is -0.310 e. The fourth-order valence-electron chi connectivity index (χ4n) is 2.56. The summed E-state index contributed by atoms with van der Waals surface area (Å²) in [6.07, 6.45) is 5.48. The number of piperidine rings is 1. The average Bonchev–Trinajstić information content (AvgIpc) is 3.06. The van der Waals surface area contributed by atoms with E-state index < -0.39 is 0 Å². The summed E-state index contributed by atoms with van der Waals surface area (Å²) in [6, 6.07) is 1.53. The second-order valence-corrected chi connectivity index (χ2v) is 5.74. The summed E-state index contributed by atoms with van der Waals surface area (Å²) >= 11 is 0. The van der Waals surface area contributed by atoms with Crippen molar-refractivity contribution in [2.75, 3.05) is 19.6 Å². The van der Waals surface area contributed by atoms with Crippen molar-refractivity contribution >= 4 is 0 Å². The summed E-state index contributed by atoms with van der Waals surface area (Å²) in [7, 11) is 0. The smallest absolute Gasteiger partial charge is 0.0205 e. The third-order valence-corrected chi connectivity index (χ3v) is 4.15. The lowest BCUT2D eigenvalue weighted by Gasteiger charge is -2.38. The molecule has 0 bridgehead atoms. The van der Waals surface area contributed by atoms with Crippen LogP contribution in [0.15, 0.2) is 12.2 Å². The maximum absolute atomic E-state index is 4.20. The third kappa shape index (κ3) is 3.33. The van der Waals surface area contributed by atoms with Crippen molar-refractivity contribution in [2.45, 2.75) is 51.6 Å². The summed E-state index contributed by atoms with van der Waals surface area (Å²) < 4.78 is 0. The van der Waals surface area contributed by atoms with Crippen LogP contribution in [0.4, 0.5) is 0 Å². The van der Waals surface area contributed by atoms with E-state index in [9.17, 15) is 0 Å². The predicted molar refractivity (Wildman–Crippen MR) is 69.6 cm³/mol. The minimum atomic E-state index is 0.728. The van der Waals surface area contributed by atoms with Gasteiger partial charge in [0.2, 0.25) is 0 Å². The van der Waals surface area contributed by atoms with Crippen molar-refractivity contribution in [1.29, 1.82) is 0 Å². The summed E-state index contributed by atoms with van der Waals surface area (Å²) in [5.74, 6) is 0.845. The summed E-state index contributed by atoms with van der Waals surface area (Å²) in [4.78, 5) is 2.60. The van der Waals surface area contributed by atoms with Crippen molar-refractivity contribution in [2.24, 2.45) is 5.92 Å². The molecule has 2 nitrogen and oxygen atoms in total. The first-order valence-corrected chi connectivity index (χ1v) is 6.81. The van der Waals surface area contributed by atoms with Gasteiger partial charge in [0.25, 0.3) is 0 Å². The molecule has 1 saturated heterocycles. The lowest BCUT2D eigenvalue weighted by Crippen LogP contribution is -2.44. The zero-order valence-corrected chi connectivity index (χ0v) is 10.8. The van der Waals surface area contributed by atoms with Gasteiger partial charge in [0.05, 0.1) is 0 Å². The summed E-state index contributed by atoms with van der Waals surface area (Å²) in [5, 5.41) is 3.55. The number of hydrogen-bond acceptors (Lipinski definition) is 2. The van der Waals surface area contributed by atoms with Crippen molar-refractivity contribution in [3.8, 4) is 0 Å². The van der Waals surface area contributed by atoms with Crippen molar-refractivity contribution in [3.05, 3.63) is 12.2 Å². The van der Waals surface area contributed by atoms with Gasteiger partial charge in [-0.05, 0) is 50.6 Å². The zero-order valence-electron chi connectivity index (χ0n) is 10.8. The second-order valence-electron chi connectivity index (χ2n) is 5.74. The minimum absolute atomic E-state index is 0.728. The van der Waals surface area contributed by atoms with E-state index in [4.69, 9.17) is 0 Å². The SMILES string of the molecule is C=C(CNC1CC1)CN1CCCC(C)C1C. The van der Waals surface area contributed by atoms with Gasteiger partial charge in [-0.25, -0.2) is 0 Å². The van der Waals surface area contributed by atoms with Crippen LogP contribution in [0.25, 0.3) is 0 Å². The van der Waals surface area contributed by atoms with Crippen LogP contribution in [0.5, 0.6) is 0 Å². The standard InChI is InChI=1S/C14H26N2/c1-11(9-15-14-6-7-14)10-16-8-4-5-12(2)13(16)3/h12-15H,1,4-10H2,2-3H3. The van der Waals surface area contributed by atoms with Gasteiger partial charge < -0.3 is 5.32 Å². The Morgan fingerprint density at radius 2 is 2.06 bits per heavy atom. The molecule has 0 amide bonds. The number of nitrogens with zero attached hydrogens (tertiary/aromatic N) is 1. The Hall–Kier alpha value is -0.340. The van der Waals surface area contributed by atoms with E-state index in [0.29, 0.717) is 0 Å². The molecule has 2 fully saturated rings. The molecule has 0 aromatic rings. The molecule has 1 N–H and O–H groups in total. The van der Waals surface area contributed by atoms with E-state index in [2.05, 4.69) is 30.6 Å². The van der Waals surface area contributed by atoms with E-state index >= 15 is 0 Å². The maximum atomic E-state index is 4.20. The van der Waals surface area contributed by atoms with Crippen LogP contribution in [-0.4, -0.2) is 36.6 Å². The van der Waals surface area contributed by atoms with Crippen molar-refractivity contribution in [1.82, 2.24) is 10.2 Å². The van der Waals surface area contributed by atoms with Crippen LogP contribution in [0, 0.1) is 5.92 Å². The lowest BCUT2D eigenvalue weighted by atomic mass is 9.92. The number of hydrogen-bond donors (Lipinski definition) is 1. The Balaban J connectivity index is 1.71. The topological polar surface area (TPSA) is 15.3 Å². The lowest BCUT2D eigenvalue weighted by molar-refractivity contribution is 0.124. The maximum Gasteiger partial charge on any atom is 0.0205 e. The molecule has 2 heteroatoms. The quantitative estimate of drug-likeness (QED) is 0.719. The third-order valence-electron chi connectivity index (χ3n) is 4.15. The molecule has 1 aliphatic carbocycles. The van der Waals surface area contributed by atoms with Crippen LogP contribution in [-0.2, 0) is 0 Å². The van der Waals surface area contributed by atoms with E-state index in [-0.39, 0.29) is 0 Å². The molecule has 2 unspecified atom stereocenters. The molecule has 2 rings (SSSR count). The highest BCUT2D eigenvalue weighted by Crippen LogP contribution is 2.23. The Morgan fingerprint density at radius 3 is 2.75 bits per heavy atom. The number of nitrogens with one attached hydrogen (secondary N) is 1. The van der Waals surface area contributed by atoms with Crippen molar-refractivity contribution < 1.29 is 0 Å². The molecule has 1 aliphatic heterocycles. The molecule has 0 aromatic heterocycles. The van der Waals surface area contributed by atoms with Crippen LogP contribution >= 0.6 is 0 Å². The van der Waals surface area contributed by atoms with Gasteiger partial charge in [0.1, 0.15) is 0 Å². The zero-order chi connectivity index (χ0) is 11.5. The largest absolute Gasteiger partial charge is 0.310 e. The average molecular weight is 222 g/mol. The molecule has 0 radical (unpaired) electrons. The highest BCUT2D eigenvalue weighted by molar-refractivity contribution is 5.03. The van der Waals surface area contributed by atoms with Gasteiger partial charge in [-0.2, -0.15) is 0 Å². The molecule has 0 spiro atoms. The van der Waals surface area contributed by atoms with Gasteiger partial charge in [-0.1, -0.05) is 13.5 Å². The molecular formula is C14H26N2. The Bertz CT molecular complexity index is 245. The fourth-order valence-corrected chi connectivity index (χ4v) is 2.56. The summed E-state index contributed by atoms with van der Waals surface area (Å²) in [5.41, 5.74) is 1.35. The van der Waals surface area contributed by atoms with E-state index in [1.807, 2.05) is 0 Å². The fraction of sp³-hybridized carbons (Fsp3) is 0.857. The van der Waals surface area contributed by atoms with Gasteiger partial charge in [-0.3, -0.25) is 4.90 Å². The van der Waals surface area contributed by atoms with Crippen LogP contribution in [0.1, 0.15) is 39.5 Å². The second kappa shape index (κ2) is 5.33. The van der Waals surface area contributed by atoms with E-state index in [0.717, 1.165) is 31.1 Å². The van der Waals surface area contributed by atoms with Gasteiger partial charge >= 0.3 is 0 Å². The van der Waals surface area contributed by atoms with Gasteiger partial charge in [0, 0.05) is 25.2 Å². The van der Waals surface area contributed by atoms with Gasteiger partial charge in [-0.15, -0.1) is 0 Å². The molecule has 2 atom stereocenters. The number of likely N-dealkylation sites (tertiary alicyclic amines) is 1. The monoisotopic (exact) mass is 222 g/mol. The highest BCUT2D eigenvalue weighted by Gasteiger charge is 2.25. The molecule has 0 aromatic carbocycles. The Kier molecular flexibility index (Phi) is 4.04.